The van der Waals surface area contributed by atoms with Crippen LogP contribution in [0.3, 0.4) is 0 Å². The molecule has 1 N–H and O–H groups in total. The average Bonchev–Trinajstić information content (AvgIpc) is 2.88. The van der Waals surface area contributed by atoms with Crippen molar-refractivity contribution in [1.29, 1.82) is 0 Å². The summed E-state index contributed by atoms with van der Waals surface area (Å²) in [7, 11) is 0. The van der Waals surface area contributed by atoms with Gasteiger partial charge < -0.3 is 10.1 Å². The molecular weight excluding hydrogens is 246 g/mol. The maximum Gasteiger partial charge on any atom is 0.123 e. The molecule has 1 aliphatic carbocycles. The minimum Gasteiger partial charge on any atom is -0.492 e. The van der Waals surface area contributed by atoms with Gasteiger partial charge in [-0.1, -0.05) is 51.3 Å². The molecular formula is C18H29NO. The van der Waals surface area contributed by atoms with E-state index in [1.165, 1.54) is 36.8 Å². The second-order valence-electron chi connectivity index (χ2n) is 7.03. The molecule has 0 aromatic heterocycles. The molecule has 0 unspecified atom stereocenters. The van der Waals surface area contributed by atoms with Crippen molar-refractivity contribution in [2.24, 2.45) is 0 Å². The van der Waals surface area contributed by atoms with Crippen LogP contribution in [0.15, 0.2) is 18.2 Å². The van der Waals surface area contributed by atoms with Crippen molar-refractivity contribution in [3.05, 3.63) is 29.3 Å². The second-order valence-corrected chi connectivity index (χ2v) is 7.03. The van der Waals surface area contributed by atoms with Crippen LogP contribution in [0.4, 0.5) is 0 Å². The number of benzene rings is 1. The highest BCUT2D eigenvalue weighted by Gasteiger charge is 2.19. The lowest BCUT2D eigenvalue weighted by atomic mass is 9.85. The normalized spacial score (nSPS) is 16.6. The lowest BCUT2D eigenvalue weighted by Gasteiger charge is -2.23. The topological polar surface area (TPSA) is 21.3 Å². The predicted molar refractivity (Wildman–Crippen MR) is 85.6 cm³/mol. The molecule has 1 aliphatic rings. The van der Waals surface area contributed by atoms with Crippen LogP contribution < -0.4 is 10.1 Å². The molecule has 0 atom stereocenters. The molecule has 2 nitrogen and oxygen atoms in total. The molecule has 1 aromatic rings. The largest absolute Gasteiger partial charge is 0.492 e. The first-order valence-electron chi connectivity index (χ1n) is 7.94. The molecule has 0 saturated heterocycles. The van der Waals surface area contributed by atoms with Gasteiger partial charge in [-0.2, -0.15) is 0 Å². The van der Waals surface area contributed by atoms with Gasteiger partial charge in [-0.3, -0.25) is 0 Å². The lowest BCUT2D eigenvalue weighted by Crippen LogP contribution is -2.30. The summed E-state index contributed by atoms with van der Waals surface area (Å²) in [4.78, 5) is 0. The van der Waals surface area contributed by atoms with Crippen molar-refractivity contribution in [2.45, 2.75) is 64.8 Å². The highest BCUT2D eigenvalue weighted by atomic mass is 16.5. The van der Waals surface area contributed by atoms with E-state index in [0.717, 1.165) is 24.9 Å². The third-order valence-electron chi connectivity index (χ3n) is 4.09. The summed E-state index contributed by atoms with van der Waals surface area (Å²) in [6, 6.07) is 7.22. The number of hydrogen-bond donors (Lipinski definition) is 1. The summed E-state index contributed by atoms with van der Waals surface area (Å²) in [5.41, 5.74) is 2.73. The highest BCUT2D eigenvalue weighted by molar-refractivity contribution is 5.41. The Morgan fingerprint density at radius 2 is 1.90 bits per heavy atom. The van der Waals surface area contributed by atoms with Crippen LogP contribution in [-0.2, 0) is 5.41 Å². The molecule has 0 heterocycles. The minimum atomic E-state index is 0.125. The number of rotatable bonds is 5. The number of hydrogen-bond acceptors (Lipinski definition) is 2. The van der Waals surface area contributed by atoms with Gasteiger partial charge in [0.15, 0.2) is 0 Å². The zero-order valence-electron chi connectivity index (χ0n) is 13.5. The Labute approximate surface area is 123 Å². The van der Waals surface area contributed by atoms with Crippen LogP contribution in [0, 0.1) is 6.92 Å². The van der Waals surface area contributed by atoms with E-state index in [9.17, 15) is 0 Å². The zero-order chi connectivity index (χ0) is 14.6. The maximum absolute atomic E-state index is 6.02. The van der Waals surface area contributed by atoms with Crippen LogP contribution in [0.5, 0.6) is 5.75 Å². The van der Waals surface area contributed by atoms with E-state index >= 15 is 0 Å². The van der Waals surface area contributed by atoms with E-state index in [1.807, 2.05) is 0 Å². The number of nitrogens with one attached hydrogen (secondary N) is 1. The van der Waals surface area contributed by atoms with Gasteiger partial charge in [0.25, 0.3) is 0 Å². The Bertz CT molecular complexity index is 428. The first kappa shape index (κ1) is 15.4. The molecule has 1 fully saturated rings. The second kappa shape index (κ2) is 6.62. The predicted octanol–water partition coefficient (Wildman–Crippen LogP) is 4.20. The molecule has 112 valence electrons. The van der Waals surface area contributed by atoms with Gasteiger partial charge in [0, 0.05) is 12.6 Å². The van der Waals surface area contributed by atoms with Crippen LogP contribution >= 0.6 is 0 Å². The van der Waals surface area contributed by atoms with Gasteiger partial charge >= 0.3 is 0 Å². The van der Waals surface area contributed by atoms with Gasteiger partial charge in [0.1, 0.15) is 12.4 Å². The molecule has 1 saturated carbocycles. The molecule has 2 rings (SSSR count). The minimum absolute atomic E-state index is 0.125. The average molecular weight is 275 g/mol. The fourth-order valence-corrected chi connectivity index (χ4v) is 2.91. The van der Waals surface area contributed by atoms with Crippen LogP contribution in [0.25, 0.3) is 0 Å². The fraction of sp³-hybridized carbons (Fsp3) is 0.667. The smallest absolute Gasteiger partial charge is 0.123 e. The molecule has 0 spiro atoms. The summed E-state index contributed by atoms with van der Waals surface area (Å²) in [6.07, 6.45) is 5.42. The quantitative estimate of drug-likeness (QED) is 0.813. The van der Waals surface area contributed by atoms with Crippen molar-refractivity contribution < 1.29 is 4.74 Å². The SMILES string of the molecule is Cc1ccc(OCCNC2CCCC2)c(C(C)(C)C)c1. The monoisotopic (exact) mass is 275 g/mol. The van der Waals surface area contributed by atoms with Crippen molar-refractivity contribution in [2.75, 3.05) is 13.2 Å². The molecule has 2 heteroatoms. The first-order valence-corrected chi connectivity index (χ1v) is 7.94. The van der Waals surface area contributed by atoms with E-state index in [1.54, 1.807) is 0 Å². The van der Waals surface area contributed by atoms with E-state index in [4.69, 9.17) is 4.74 Å². The Morgan fingerprint density at radius 3 is 2.55 bits per heavy atom. The van der Waals surface area contributed by atoms with Gasteiger partial charge in [0.05, 0.1) is 0 Å². The first-order chi connectivity index (χ1) is 9.47. The summed E-state index contributed by atoms with van der Waals surface area (Å²) in [5, 5.41) is 3.60. The van der Waals surface area contributed by atoms with Gasteiger partial charge in [0.2, 0.25) is 0 Å². The lowest BCUT2D eigenvalue weighted by molar-refractivity contribution is 0.297. The van der Waals surface area contributed by atoms with Crippen molar-refractivity contribution in [1.82, 2.24) is 5.32 Å². The van der Waals surface area contributed by atoms with Crippen LogP contribution in [0.2, 0.25) is 0 Å². The third-order valence-corrected chi connectivity index (χ3v) is 4.09. The maximum atomic E-state index is 6.02. The standard InChI is InChI=1S/C18H29NO/c1-14-9-10-17(16(13-14)18(2,3)4)20-12-11-19-15-7-5-6-8-15/h9-10,13,15,19H,5-8,11-12H2,1-4H3. The van der Waals surface area contributed by atoms with Gasteiger partial charge in [-0.05, 0) is 36.8 Å². The van der Waals surface area contributed by atoms with Gasteiger partial charge in [-0.15, -0.1) is 0 Å². The van der Waals surface area contributed by atoms with Gasteiger partial charge in [-0.25, -0.2) is 0 Å². The van der Waals surface area contributed by atoms with E-state index < -0.39 is 0 Å². The van der Waals surface area contributed by atoms with Crippen molar-refractivity contribution in [3.63, 3.8) is 0 Å². The Kier molecular flexibility index (Phi) is 5.09. The third kappa shape index (κ3) is 4.24. The molecule has 20 heavy (non-hydrogen) atoms. The summed E-state index contributed by atoms with van der Waals surface area (Å²) < 4.78 is 6.02. The Hall–Kier alpha value is -1.02. The summed E-state index contributed by atoms with van der Waals surface area (Å²) in [6.45, 7) is 10.6. The molecule has 0 radical (unpaired) electrons. The van der Waals surface area contributed by atoms with Crippen molar-refractivity contribution in [3.8, 4) is 5.75 Å². The van der Waals surface area contributed by atoms with E-state index in [2.05, 4.69) is 51.2 Å². The van der Waals surface area contributed by atoms with E-state index in [0.29, 0.717) is 0 Å². The Balaban J connectivity index is 1.88. The zero-order valence-corrected chi connectivity index (χ0v) is 13.5. The number of aryl methyl sites for hydroxylation is 1. The summed E-state index contributed by atoms with van der Waals surface area (Å²) in [5.74, 6) is 1.04. The molecule has 1 aromatic carbocycles. The molecule has 0 bridgehead atoms. The number of ether oxygens (including phenoxy) is 1. The summed E-state index contributed by atoms with van der Waals surface area (Å²) >= 11 is 0. The van der Waals surface area contributed by atoms with Crippen LogP contribution in [-0.4, -0.2) is 19.2 Å². The molecule has 0 amide bonds. The Morgan fingerprint density at radius 1 is 1.20 bits per heavy atom. The van der Waals surface area contributed by atoms with Crippen molar-refractivity contribution >= 4 is 0 Å². The van der Waals surface area contributed by atoms with Crippen LogP contribution in [0.1, 0.15) is 57.6 Å². The highest BCUT2D eigenvalue weighted by Crippen LogP contribution is 2.32. The molecule has 0 aliphatic heterocycles. The fourth-order valence-electron chi connectivity index (χ4n) is 2.91. The van der Waals surface area contributed by atoms with E-state index in [-0.39, 0.29) is 5.41 Å².